The fourth-order valence-electron chi connectivity index (χ4n) is 2.76. The third kappa shape index (κ3) is 9.10. The Morgan fingerprint density at radius 1 is 0.938 bits per heavy atom. The van der Waals surface area contributed by atoms with Gasteiger partial charge in [-0.05, 0) is 18.9 Å². The lowest BCUT2D eigenvalue weighted by Gasteiger charge is -2.25. The van der Waals surface area contributed by atoms with Gasteiger partial charge in [-0.2, -0.15) is 0 Å². The van der Waals surface area contributed by atoms with Crippen LogP contribution in [0.15, 0.2) is 30.3 Å². The van der Waals surface area contributed by atoms with Gasteiger partial charge >= 0.3 is 11.9 Å². The highest BCUT2D eigenvalue weighted by molar-refractivity contribution is 5.94. The van der Waals surface area contributed by atoms with Crippen LogP contribution in [0.25, 0.3) is 0 Å². The van der Waals surface area contributed by atoms with Crippen LogP contribution in [0, 0.1) is 0 Å². The molecular weight excluding hydrogens is 424 g/mol. The third-order valence-corrected chi connectivity index (χ3v) is 4.45. The summed E-state index contributed by atoms with van der Waals surface area (Å²) in [5, 5.41) is 34.5. The minimum absolute atomic E-state index is 0.0666. The maximum Gasteiger partial charge on any atom is 0.328 e. The summed E-state index contributed by atoms with van der Waals surface area (Å²) >= 11 is 0. The van der Waals surface area contributed by atoms with E-state index in [-0.39, 0.29) is 19.4 Å². The van der Waals surface area contributed by atoms with Crippen LogP contribution in [-0.2, 0) is 30.4 Å². The molecule has 32 heavy (non-hydrogen) atoms. The van der Waals surface area contributed by atoms with Crippen LogP contribution in [0.3, 0.4) is 0 Å². The molecule has 0 aliphatic rings. The van der Waals surface area contributed by atoms with Gasteiger partial charge in [0.1, 0.15) is 12.1 Å². The van der Waals surface area contributed by atoms with E-state index in [4.69, 9.17) is 15.9 Å². The molecule has 4 atom stereocenters. The molecule has 0 spiro atoms. The number of carboxylic acid groups (broad SMARTS) is 2. The number of aliphatic hydroxyl groups excluding tert-OH is 1. The maximum atomic E-state index is 12.9. The molecule has 0 aliphatic carbocycles. The Bertz CT molecular complexity index is 815. The van der Waals surface area contributed by atoms with Crippen molar-refractivity contribution in [2.24, 2.45) is 5.73 Å². The summed E-state index contributed by atoms with van der Waals surface area (Å²) in [6.45, 7) is 0.776. The summed E-state index contributed by atoms with van der Waals surface area (Å²) < 4.78 is 0. The van der Waals surface area contributed by atoms with E-state index in [1.807, 2.05) is 0 Å². The van der Waals surface area contributed by atoms with E-state index in [9.17, 15) is 29.1 Å². The Morgan fingerprint density at radius 2 is 1.53 bits per heavy atom. The average molecular weight is 452 g/mol. The highest BCUT2D eigenvalue weighted by Crippen LogP contribution is 2.06. The summed E-state index contributed by atoms with van der Waals surface area (Å²) in [6, 6.07) is 4.48. The third-order valence-electron chi connectivity index (χ3n) is 4.45. The molecule has 0 aromatic heterocycles. The number of carbonyl (C=O) groups excluding carboxylic acids is 3. The van der Waals surface area contributed by atoms with Crippen LogP contribution >= 0.6 is 0 Å². The van der Waals surface area contributed by atoms with Gasteiger partial charge in [0.2, 0.25) is 17.7 Å². The van der Waals surface area contributed by atoms with Crippen molar-refractivity contribution in [1.29, 1.82) is 0 Å². The summed E-state index contributed by atoms with van der Waals surface area (Å²) in [5.74, 6) is -5.14. The first-order valence-corrected chi connectivity index (χ1v) is 9.81. The van der Waals surface area contributed by atoms with E-state index in [2.05, 4.69) is 16.0 Å². The first-order valence-electron chi connectivity index (χ1n) is 9.81. The van der Waals surface area contributed by atoms with E-state index in [0.29, 0.717) is 5.56 Å². The van der Waals surface area contributed by atoms with E-state index >= 15 is 0 Å². The van der Waals surface area contributed by atoms with Crippen molar-refractivity contribution in [3.8, 4) is 0 Å². The first-order chi connectivity index (χ1) is 15.0. The van der Waals surface area contributed by atoms with Crippen molar-refractivity contribution >= 4 is 29.7 Å². The van der Waals surface area contributed by atoms with Gasteiger partial charge in [-0.15, -0.1) is 0 Å². The minimum Gasteiger partial charge on any atom is -0.481 e. The molecule has 0 bridgehead atoms. The van der Waals surface area contributed by atoms with Crippen molar-refractivity contribution in [3.05, 3.63) is 35.9 Å². The number of aliphatic hydroxyl groups is 1. The molecule has 12 heteroatoms. The molecule has 0 fully saturated rings. The lowest BCUT2D eigenvalue weighted by molar-refractivity contribution is -0.145. The van der Waals surface area contributed by atoms with Crippen LogP contribution in [0.5, 0.6) is 0 Å². The molecule has 0 aliphatic heterocycles. The Hall–Kier alpha value is -3.51. The predicted molar refractivity (Wildman–Crippen MR) is 111 cm³/mol. The monoisotopic (exact) mass is 452 g/mol. The average Bonchev–Trinajstić information content (AvgIpc) is 2.73. The largest absolute Gasteiger partial charge is 0.481 e. The molecule has 0 saturated carbocycles. The second kappa shape index (κ2) is 13.0. The quantitative estimate of drug-likeness (QED) is 0.176. The second-order valence-corrected chi connectivity index (χ2v) is 7.07. The zero-order chi connectivity index (χ0) is 24.3. The molecule has 1 aromatic carbocycles. The lowest BCUT2D eigenvalue weighted by Crippen LogP contribution is -2.58. The summed E-state index contributed by atoms with van der Waals surface area (Å²) in [4.78, 5) is 59.4. The van der Waals surface area contributed by atoms with E-state index < -0.39 is 60.3 Å². The predicted octanol–water partition coefficient (Wildman–Crippen LogP) is -2.03. The Kier molecular flexibility index (Phi) is 10.8. The van der Waals surface area contributed by atoms with Crippen LogP contribution in [0.4, 0.5) is 0 Å². The molecule has 4 unspecified atom stereocenters. The highest BCUT2D eigenvalue weighted by atomic mass is 16.4. The number of hydrogen-bond donors (Lipinski definition) is 7. The van der Waals surface area contributed by atoms with Crippen LogP contribution < -0.4 is 21.7 Å². The molecular formula is C20H28N4O8. The Balaban J connectivity index is 3.04. The van der Waals surface area contributed by atoms with Crippen molar-refractivity contribution in [2.45, 2.75) is 50.4 Å². The number of aliphatic carboxylic acids is 2. The standard InChI is InChI=1S/C20H28N4O8/c1-11(25)17(20(31)32)24-18(29)13(7-8-16(27)28)23-19(30)14(22-15(26)10-21)9-12-5-3-2-4-6-12/h2-6,11,13-14,17,25H,7-10,21H2,1H3,(H,22,26)(H,23,30)(H,24,29)(H,27,28)(H,31,32). The van der Waals surface area contributed by atoms with Gasteiger partial charge in [-0.3, -0.25) is 19.2 Å². The number of rotatable bonds is 13. The zero-order valence-corrected chi connectivity index (χ0v) is 17.5. The van der Waals surface area contributed by atoms with Gasteiger partial charge < -0.3 is 37.0 Å². The molecule has 3 amide bonds. The fraction of sp³-hybridized carbons (Fsp3) is 0.450. The number of nitrogens with one attached hydrogen (secondary N) is 3. The Morgan fingerprint density at radius 3 is 2.03 bits per heavy atom. The number of nitrogens with two attached hydrogens (primary N) is 1. The summed E-state index contributed by atoms with van der Waals surface area (Å²) in [7, 11) is 0. The molecule has 1 aromatic rings. The van der Waals surface area contributed by atoms with Crippen LogP contribution in [0.1, 0.15) is 25.3 Å². The van der Waals surface area contributed by atoms with Gasteiger partial charge in [0.25, 0.3) is 0 Å². The molecule has 0 heterocycles. The van der Waals surface area contributed by atoms with Gasteiger partial charge in [0.15, 0.2) is 6.04 Å². The van der Waals surface area contributed by atoms with Crippen LogP contribution in [-0.4, -0.2) is 75.8 Å². The van der Waals surface area contributed by atoms with Gasteiger partial charge in [0, 0.05) is 12.8 Å². The highest BCUT2D eigenvalue weighted by Gasteiger charge is 2.31. The number of carboxylic acids is 2. The molecule has 1 rings (SSSR count). The van der Waals surface area contributed by atoms with E-state index in [1.54, 1.807) is 30.3 Å². The van der Waals surface area contributed by atoms with E-state index in [1.165, 1.54) is 0 Å². The second-order valence-electron chi connectivity index (χ2n) is 7.07. The van der Waals surface area contributed by atoms with Gasteiger partial charge in [-0.1, -0.05) is 30.3 Å². The number of benzene rings is 1. The SMILES string of the molecule is CC(O)C(NC(=O)C(CCC(=O)O)NC(=O)C(Cc1ccccc1)NC(=O)CN)C(=O)O. The van der Waals surface area contributed by atoms with Crippen molar-refractivity contribution < 1.29 is 39.3 Å². The smallest absolute Gasteiger partial charge is 0.328 e. The normalized spacial score (nSPS) is 14.3. The molecule has 0 radical (unpaired) electrons. The van der Waals surface area contributed by atoms with Crippen LogP contribution in [0.2, 0.25) is 0 Å². The number of carbonyl (C=O) groups is 5. The molecule has 12 nitrogen and oxygen atoms in total. The van der Waals surface area contributed by atoms with Crippen molar-refractivity contribution in [1.82, 2.24) is 16.0 Å². The minimum atomic E-state index is -1.66. The summed E-state index contributed by atoms with van der Waals surface area (Å²) in [6.07, 6.45) is -2.22. The number of amides is 3. The number of hydrogen-bond acceptors (Lipinski definition) is 7. The summed E-state index contributed by atoms with van der Waals surface area (Å²) in [5.41, 5.74) is 6.01. The van der Waals surface area contributed by atoms with Gasteiger partial charge in [0.05, 0.1) is 12.6 Å². The molecule has 176 valence electrons. The lowest BCUT2D eigenvalue weighted by atomic mass is 10.0. The topological polar surface area (TPSA) is 208 Å². The molecule has 8 N–H and O–H groups in total. The molecule has 0 saturated heterocycles. The van der Waals surface area contributed by atoms with Crippen molar-refractivity contribution in [2.75, 3.05) is 6.54 Å². The fourth-order valence-corrected chi connectivity index (χ4v) is 2.76. The maximum absolute atomic E-state index is 12.9. The zero-order valence-electron chi connectivity index (χ0n) is 17.5. The van der Waals surface area contributed by atoms with Crippen molar-refractivity contribution in [3.63, 3.8) is 0 Å². The van der Waals surface area contributed by atoms with E-state index in [0.717, 1.165) is 6.92 Å². The van der Waals surface area contributed by atoms with Gasteiger partial charge in [-0.25, -0.2) is 4.79 Å². The first kappa shape index (κ1) is 26.5. The Labute approximate surface area is 184 Å².